The van der Waals surface area contributed by atoms with E-state index in [0.717, 1.165) is 13.1 Å². The van der Waals surface area contributed by atoms with Gasteiger partial charge in [0.25, 0.3) is 0 Å². The third-order valence-corrected chi connectivity index (χ3v) is 2.95. The lowest BCUT2D eigenvalue weighted by Crippen LogP contribution is -2.33. The highest BCUT2D eigenvalue weighted by molar-refractivity contribution is 5.33. The molecule has 2 N–H and O–H groups in total. The minimum absolute atomic E-state index is 0.256. The first-order valence-electron chi connectivity index (χ1n) is 5.26. The van der Waals surface area contributed by atoms with E-state index >= 15 is 0 Å². The van der Waals surface area contributed by atoms with Crippen LogP contribution in [0.15, 0.2) is 24.3 Å². The van der Waals surface area contributed by atoms with E-state index in [1.807, 2.05) is 0 Å². The van der Waals surface area contributed by atoms with Gasteiger partial charge in [-0.2, -0.15) is 0 Å². The van der Waals surface area contributed by atoms with Crippen LogP contribution in [0.4, 0.5) is 0 Å². The fourth-order valence-electron chi connectivity index (χ4n) is 2.23. The van der Waals surface area contributed by atoms with Gasteiger partial charge in [-0.3, -0.25) is 4.90 Å². The molecule has 0 amide bonds. The van der Waals surface area contributed by atoms with E-state index in [-0.39, 0.29) is 6.04 Å². The molecule has 1 aromatic carbocycles. The molecule has 1 aromatic rings. The van der Waals surface area contributed by atoms with Crippen molar-refractivity contribution < 1.29 is 0 Å². The molecule has 1 aliphatic heterocycles. The van der Waals surface area contributed by atoms with Gasteiger partial charge in [0.1, 0.15) is 0 Å². The number of benzene rings is 1. The summed E-state index contributed by atoms with van der Waals surface area (Å²) in [6.07, 6.45) is 0. The molecule has 2 nitrogen and oxygen atoms in total. The van der Waals surface area contributed by atoms with Crippen molar-refractivity contribution in [3.63, 3.8) is 0 Å². The molecule has 2 heteroatoms. The second-order valence-corrected chi connectivity index (χ2v) is 4.28. The maximum Gasteiger partial charge on any atom is 0.0327 e. The molecule has 0 fully saturated rings. The van der Waals surface area contributed by atoms with Crippen LogP contribution in [0.2, 0.25) is 0 Å². The first-order chi connectivity index (χ1) is 6.68. The normalized spacial score (nSPS) is 23.5. The molecular formula is C12H18N2. The Morgan fingerprint density at radius 3 is 2.86 bits per heavy atom. The molecular weight excluding hydrogens is 172 g/mol. The van der Waals surface area contributed by atoms with Crippen LogP contribution in [0.5, 0.6) is 0 Å². The second-order valence-electron chi connectivity index (χ2n) is 4.28. The van der Waals surface area contributed by atoms with Crippen molar-refractivity contribution in [1.29, 1.82) is 0 Å². The summed E-state index contributed by atoms with van der Waals surface area (Å²) >= 11 is 0. The van der Waals surface area contributed by atoms with Crippen LogP contribution in [0, 0.1) is 0 Å². The Balaban J connectivity index is 2.17. The van der Waals surface area contributed by atoms with Crippen molar-refractivity contribution in [1.82, 2.24) is 4.90 Å². The zero-order chi connectivity index (χ0) is 10.1. The first-order valence-corrected chi connectivity index (χ1v) is 5.26. The Labute approximate surface area is 85.7 Å². The molecule has 0 spiro atoms. The van der Waals surface area contributed by atoms with Gasteiger partial charge in [0, 0.05) is 25.2 Å². The van der Waals surface area contributed by atoms with Crippen molar-refractivity contribution in [2.24, 2.45) is 5.73 Å². The highest BCUT2D eigenvalue weighted by Gasteiger charge is 2.26. The van der Waals surface area contributed by atoms with Crippen molar-refractivity contribution in [2.45, 2.75) is 32.5 Å². The number of hydrogen-bond donors (Lipinski definition) is 1. The van der Waals surface area contributed by atoms with Crippen LogP contribution in [-0.4, -0.2) is 17.5 Å². The van der Waals surface area contributed by atoms with Gasteiger partial charge in [0.15, 0.2) is 0 Å². The van der Waals surface area contributed by atoms with Gasteiger partial charge in [-0.25, -0.2) is 0 Å². The molecule has 1 aliphatic rings. The van der Waals surface area contributed by atoms with Crippen molar-refractivity contribution in [2.75, 3.05) is 6.54 Å². The van der Waals surface area contributed by atoms with Crippen molar-refractivity contribution in [3.8, 4) is 0 Å². The van der Waals surface area contributed by atoms with Crippen molar-refractivity contribution in [3.05, 3.63) is 35.4 Å². The zero-order valence-corrected chi connectivity index (χ0v) is 8.90. The van der Waals surface area contributed by atoms with Gasteiger partial charge in [-0.1, -0.05) is 24.3 Å². The van der Waals surface area contributed by atoms with Crippen molar-refractivity contribution >= 4 is 0 Å². The second kappa shape index (κ2) is 3.71. The average molecular weight is 190 g/mol. The van der Waals surface area contributed by atoms with Crippen LogP contribution < -0.4 is 5.73 Å². The van der Waals surface area contributed by atoms with E-state index < -0.39 is 0 Å². The van der Waals surface area contributed by atoms with E-state index in [9.17, 15) is 0 Å². The summed E-state index contributed by atoms with van der Waals surface area (Å²) in [6.45, 7) is 6.36. The van der Waals surface area contributed by atoms with Crippen LogP contribution in [-0.2, 0) is 6.54 Å². The van der Waals surface area contributed by atoms with Crippen LogP contribution in [0.25, 0.3) is 0 Å². The summed E-state index contributed by atoms with van der Waals surface area (Å²) in [6, 6.07) is 9.45. The number of nitrogens with two attached hydrogens (primary N) is 1. The molecule has 2 atom stereocenters. The summed E-state index contributed by atoms with van der Waals surface area (Å²) in [5.41, 5.74) is 8.75. The fourth-order valence-corrected chi connectivity index (χ4v) is 2.23. The lowest BCUT2D eigenvalue weighted by molar-refractivity contribution is 0.218. The van der Waals surface area contributed by atoms with E-state index in [0.29, 0.717) is 6.04 Å². The highest BCUT2D eigenvalue weighted by atomic mass is 15.2. The Hall–Kier alpha value is -0.860. The van der Waals surface area contributed by atoms with Gasteiger partial charge in [0.05, 0.1) is 0 Å². The Kier molecular flexibility index (Phi) is 2.57. The number of rotatable bonds is 2. The number of nitrogens with zero attached hydrogens (tertiary/aromatic N) is 1. The predicted molar refractivity (Wildman–Crippen MR) is 58.9 cm³/mol. The lowest BCUT2D eigenvalue weighted by atomic mass is 10.1. The van der Waals surface area contributed by atoms with Gasteiger partial charge >= 0.3 is 0 Å². The molecule has 0 aliphatic carbocycles. The predicted octanol–water partition coefficient (Wildman–Crippen LogP) is 1.91. The number of fused-ring (bicyclic) bond motifs is 1. The molecule has 0 radical (unpaired) electrons. The Morgan fingerprint density at radius 2 is 2.21 bits per heavy atom. The average Bonchev–Trinajstić information content (AvgIpc) is 2.44. The third-order valence-electron chi connectivity index (χ3n) is 2.95. The van der Waals surface area contributed by atoms with Gasteiger partial charge in [0.2, 0.25) is 0 Å². The fraction of sp³-hybridized carbons (Fsp3) is 0.500. The summed E-state index contributed by atoms with van der Waals surface area (Å²) in [4.78, 5) is 2.44. The Morgan fingerprint density at radius 1 is 1.50 bits per heavy atom. The molecule has 0 saturated carbocycles. The summed E-state index contributed by atoms with van der Waals surface area (Å²) in [5, 5.41) is 0. The van der Waals surface area contributed by atoms with Crippen LogP contribution in [0.1, 0.15) is 31.0 Å². The van der Waals surface area contributed by atoms with E-state index in [1.54, 1.807) is 0 Å². The minimum atomic E-state index is 0.256. The third kappa shape index (κ3) is 1.68. The largest absolute Gasteiger partial charge is 0.327 e. The van der Waals surface area contributed by atoms with Crippen LogP contribution in [0.3, 0.4) is 0 Å². The molecule has 0 aromatic heterocycles. The molecule has 1 heterocycles. The quantitative estimate of drug-likeness (QED) is 0.772. The lowest BCUT2D eigenvalue weighted by Gasteiger charge is -2.23. The van der Waals surface area contributed by atoms with Crippen LogP contribution >= 0.6 is 0 Å². The van der Waals surface area contributed by atoms with E-state index in [4.69, 9.17) is 5.73 Å². The zero-order valence-electron chi connectivity index (χ0n) is 8.90. The standard InChI is InChI=1S/C12H18N2/c1-9(13)7-14-8-11-5-3-4-6-12(11)10(14)2/h3-6,9-10H,7-8,13H2,1-2H3. The van der Waals surface area contributed by atoms with E-state index in [2.05, 4.69) is 43.0 Å². The molecule has 2 rings (SSSR count). The highest BCUT2D eigenvalue weighted by Crippen LogP contribution is 2.32. The molecule has 0 saturated heterocycles. The molecule has 2 unspecified atom stereocenters. The SMILES string of the molecule is CC(N)CN1Cc2ccccc2C1C. The molecule has 76 valence electrons. The van der Waals surface area contributed by atoms with Gasteiger partial charge in [-0.05, 0) is 25.0 Å². The summed E-state index contributed by atoms with van der Waals surface area (Å²) < 4.78 is 0. The van der Waals surface area contributed by atoms with Gasteiger partial charge in [-0.15, -0.1) is 0 Å². The topological polar surface area (TPSA) is 29.3 Å². The number of hydrogen-bond acceptors (Lipinski definition) is 2. The summed E-state index contributed by atoms with van der Waals surface area (Å²) in [5.74, 6) is 0. The van der Waals surface area contributed by atoms with Gasteiger partial charge < -0.3 is 5.73 Å². The first kappa shape index (κ1) is 9.69. The molecule has 14 heavy (non-hydrogen) atoms. The maximum absolute atomic E-state index is 5.83. The Bertz CT molecular complexity index is 320. The monoisotopic (exact) mass is 190 g/mol. The summed E-state index contributed by atoms with van der Waals surface area (Å²) in [7, 11) is 0. The van der Waals surface area contributed by atoms with E-state index in [1.165, 1.54) is 11.1 Å². The minimum Gasteiger partial charge on any atom is -0.327 e. The smallest absolute Gasteiger partial charge is 0.0327 e. The maximum atomic E-state index is 5.83. The molecule has 0 bridgehead atoms.